The lowest BCUT2D eigenvalue weighted by atomic mass is 10.2. The van der Waals surface area contributed by atoms with E-state index < -0.39 is 18.5 Å². The zero-order chi connectivity index (χ0) is 17.6. The van der Waals surface area contributed by atoms with Gasteiger partial charge in [-0.05, 0) is 36.8 Å². The zero-order valence-corrected chi connectivity index (χ0v) is 13.1. The molecule has 0 aliphatic carbocycles. The molecular weight excluding hydrogens is 348 g/mol. The number of fused-ring (bicyclic) bond motifs is 1. The van der Waals surface area contributed by atoms with Gasteiger partial charge in [0.25, 0.3) is 0 Å². The normalized spacial score (nSPS) is 12.1. The second-order valence-corrected chi connectivity index (χ2v) is 5.65. The molecule has 24 heavy (non-hydrogen) atoms. The van der Waals surface area contributed by atoms with Crippen LogP contribution < -0.4 is 5.73 Å². The summed E-state index contributed by atoms with van der Waals surface area (Å²) in [5.41, 5.74) is 5.38. The monoisotopic (exact) mass is 358 g/mol. The van der Waals surface area contributed by atoms with E-state index in [0.717, 1.165) is 6.07 Å². The van der Waals surface area contributed by atoms with Gasteiger partial charge in [-0.1, -0.05) is 11.6 Å². The molecule has 0 amide bonds. The van der Waals surface area contributed by atoms with E-state index >= 15 is 0 Å². The van der Waals surface area contributed by atoms with Crippen LogP contribution in [0.4, 0.5) is 23.4 Å². The van der Waals surface area contributed by atoms with Crippen molar-refractivity contribution < 1.29 is 17.6 Å². The number of nitrogen functional groups attached to an aromatic ring is 1. The maximum absolute atomic E-state index is 13.3. The molecule has 2 N–H and O–H groups in total. The first kappa shape index (κ1) is 16.5. The predicted molar refractivity (Wildman–Crippen MR) is 82.8 cm³/mol. The van der Waals surface area contributed by atoms with Crippen LogP contribution in [-0.2, 0) is 12.9 Å². The molecule has 4 nitrogen and oxygen atoms in total. The van der Waals surface area contributed by atoms with E-state index in [2.05, 4.69) is 10.1 Å². The van der Waals surface area contributed by atoms with E-state index in [-0.39, 0.29) is 22.4 Å². The van der Waals surface area contributed by atoms with Crippen molar-refractivity contribution in [3.05, 3.63) is 46.2 Å². The van der Waals surface area contributed by atoms with Crippen molar-refractivity contribution in [1.82, 2.24) is 14.8 Å². The minimum Gasteiger partial charge on any atom is -0.383 e. The first-order chi connectivity index (χ1) is 11.2. The summed E-state index contributed by atoms with van der Waals surface area (Å²) in [4.78, 5) is 3.34. The Morgan fingerprint density at radius 3 is 2.54 bits per heavy atom. The first-order valence-corrected chi connectivity index (χ1v) is 7.18. The van der Waals surface area contributed by atoms with Gasteiger partial charge >= 0.3 is 6.18 Å². The van der Waals surface area contributed by atoms with Crippen LogP contribution >= 0.6 is 11.6 Å². The average molecular weight is 359 g/mol. The van der Waals surface area contributed by atoms with Gasteiger partial charge in [0.05, 0.1) is 22.3 Å². The van der Waals surface area contributed by atoms with E-state index in [1.165, 1.54) is 4.68 Å². The standard InChI is InChI=1S/C15H11ClF4N4/c1-7-4-8(16)2-3-11(7)24-14(21)12-10(23-24)5-9(6-17)22-13(12)15(18,19)20/h2-5H,6,21H2,1H3. The average Bonchev–Trinajstić information content (AvgIpc) is 2.82. The van der Waals surface area contributed by atoms with E-state index in [4.69, 9.17) is 17.3 Å². The molecule has 0 atom stereocenters. The number of pyridine rings is 1. The van der Waals surface area contributed by atoms with Crippen LogP contribution in [0, 0.1) is 6.92 Å². The fourth-order valence-electron chi connectivity index (χ4n) is 2.50. The number of benzene rings is 1. The number of rotatable bonds is 2. The minimum absolute atomic E-state index is 0.0724. The number of nitrogens with zero attached hydrogens (tertiary/aromatic N) is 3. The van der Waals surface area contributed by atoms with Gasteiger partial charge in [0.15, 0.2) is 5.69 Å². The van der Waals surface area contributed by atoms with Gasteiger partial charge in [-0.3, -0.25) is 0 Å². The number of halogens is 5. The number of hydrogen-bond donors (Lipinski definition) is 1. The SMILES string of the molecule is Cc1cc(Cl)ccc1-n1nc2cc(CF)nc(C(F)(F)F)c2c1N. The highest BCUT2D eigenvalue weighted by Gasteiger charge is 2.37. The lowest BCUT2D eigenvalue weighted by Gasteiger charge is -2.10. The second-order valence-electron chi connectivity index (χ2n) is 5.22. The fraction of sp³-hybridized carbons (Fsp3) is 0.200. The largest absolute Gasteiger partial charge is 0.434 e. The smallest absolute Gasteiger partial charge is 0.383 e. The number of alkyl halides is 4. The van der Waals surface area contributed by atoms with Gasteiger partial charge in [0.1, 0.15) is 12.5 Å². The Labute approximate surface area is 138 Å². The quantitative estimate of drug-likeness (QED) is 0.688. The molecule has 0 fully saturated rings. The Hall–Kier alpha value is -2.35. The molecule has 0 bridgehead atoms. The van der Waals surface area contributed by atoms with Crippen molar-refractivity contribution >= 4 is 28.3 Å². The maximum atomic E-state index is 13.3. The van der Waals surface area contributed by atoms with Gasteiger partial charge < -0.3 is 5.73 Å². The lowest BCUT2D eigenvalue weighted by molar-refractivity contribution is -0.139. The number of aromatic nitrogens is 3. The Balaban J connectivity index is 2.35. The van der Waals surface area contributed by atoms with E-state index in [1.54, 1.807) is 25.1 Å². The summed E-state index contributed by atoms with van der Waals surface area (Å²) in [5, 5.41) is 4.22. The Kier molecular flexibility index (Phi) is 3.87. The molecular formula is C15H11ClF4N4. The number of hydrogen-bond acceptors (Lipinski definition) is 3. The third-order valence-corrected chi connectivity index (χ3v) is 3.77. The van der Waals surface area contributed by atoms with Crippen molar-refractivity contribution in [3.8, 4) is 5.69 Å². The van der Waals surface area contributed by atoms with Gasteiger partial charge in [0, 0.05) is 5.02 Å². The third-order valence-electron chi connectivity index (χ3n) is 3.54. The number of anilines is 1. The van der Waals surface area contributed by atoms with Crippen molar-refractivity contribution in [2.45, 2.75) is 19.8 Å². The van der Waals surface area contributed by atoms with Crippen molar-refractivity contribution in [1.29, 1.82) is 0 Å². The molecule has 3 rings (SSSR count). The third kappa shape index (κ3) is 2.66. The summed E-state index contributed by atoms with van der Waals surface area (Å²) in [5.74, 6) is -0.222. The Morgan fingerprint density at radius 2 is 1.96 bits per heavy atom. The number of nitrogens with two attached hydrogens (primary N) is 1. The summed E-state index contributed by atoms with van der Waals surface area (Å²) in [7, 11) is 0. The molecule has 2 heterocycles. The summed E-state index contributed by atoms with van der Waals surface area (Å²) < 4.78 is 53.8. The minimum atomic E-state index is -4.78. The molecule has 9 heteroatoms. The van der Waals surface area contributed by atoms with Crippen LogP contribution in [0.25, 0.3) is 16.6 Å². The fourth-order valence-corrected chi connectivity index (χ4v) is 2.72. The molecule has 0 unspecified atom stereocenters. The van der Waals surface area contributed by atoms with Gasteiger partial charge in [-0.15, -0.1) is 0 Å². The Bertz CT molecular complexity index is 933. The Morgan fingerprint density at radius 1 is 1.25 bits per heavy atom. The van der Waals surface area contributed by atoms with Gasteiger partial charge in [-0.25, -0.2) is 14.1 Å². The highest BCUT2D eigenvalue weighted by Crippen LogP contribution is 2.37. The van der Waals surface area contributed by atoms with Crippen molar-refractivity contribution in [2.24, 2.45) is 0 Å². The highest BCUT2D eigenvalue weighted by atomic mass is 35.5. The predicted octanol–water partition coefficient (Wildman–Crippen LogP) is 4.45. The molecule has 0 aliphatic heterocycles. The van der Waals surface area contributed by atoms with Crippen LogP contribution in [0.3, 0.4) is 0 Å². The van der Waals surface area contributed by atoms with Crippen molar-refractivity contribution in [2.75, 3.05) is 5.73 Å². The van der Waals surface area contributed by atoms with E-state index in [9.17, 15) is 17.6 Å². The van der Waals surface area contributed by atoms with Gasteiger partial charge in [-0.2, -0.15) is 18.3 Å². The van der Waals surface area contributed by atoms with Crippen molar-refractivity contribution in [3.63, 3.8) is 0 Å². The molecule has 2 aromatic heterocycles. The van der Waals surface area contributed by atoms with Crippen LogP contribution in [0.15, 0.2) is 24.3 Å². The van der Waals surface area contributed by atoms with E-state index in [1.807, 2.05) is 0 Å². The molecule has 0 spiro atoms. The second kappa shape index (κ2) is 5.62. The van der Waals surface area contributed by atoms with Gasteiger partial charge in [0.2, 0.25) is 0 Å². The molecule has 0 radical (unpaired) electrons. The maximum Gasteiger partial charge on any atom is 0.434 e. The molecule has 0 aliphatic rings. The van der Waals surface area contributed by atoms with E-state index in [0.29, 0.717) is 16.3 Å². The van der Waals surface area contributed by atoms with Crippen LogP contribution in [-0.4, -0.2) is 14.8 Å². The highest BCUT2D eigenvalue weighted by molar-refractivity contribution is 6.30. The summed E-state index contributed by atoms with van der Waals surface area (Å²) in [6.07, 6.45) is -4.78. The zero-order valence-electron chi connectivity index (χ0n) is 12.3. The molecule has 1 aromatic carbocycles. The van der Waals surface area contributed by atoms with Crippen LogP contribution in [0.1, 0.15) is 17.0 Å². The molecule has 0 saturated carbocycles. The van der Waals surface area contributed by atoms with Crippen LogP contribution in [0.2, 0.25) is 5.02 Å². The van der Waals surface area contributed by atoms with Crippen LogP contribution in [0.5, 0.6) is 0 Å². The lowest BCUT2D eigenvalue weighted by Crippen LogP contribution is -2.11. The summed E-state index contributed by atoms with van der Waals surface area (Å²) in [6, 6.07) is 5.96. The first-order valence-electron chi connectivity index (χ1n) is 6.80. The molecule has 126 valence electrons. The summed E-state index contributed by atoms with van der Waals surface area (Å²) in [6.45, 7) is 0.592. The number of aryl methyl sites for hydroxylation is 1. The molecule has 3 aromatic rings. The topological polar surface area (TPSA) is 56.7 Å². The molecule has 0 saturated heterocycles. The summed E-state index contributed by atoms with van der Waals surface area (Å²) >= 11 is 5.89.